The molecule has 0 saturated carbocycles. The molecule has 0 fully saturated rings. The van der Waals surface area contributed by atoms with E-state index in [1.165, 1.54) is 7.11 Å². The number of thiocarbonyl (C=S) groups is 1. The molecular weight excluding hydrogens is 504 g/mol. The Hall–Kier alpha value is -3.14. The molecule has 0 aliphatic carbocycles. The normalized spacial score (nSPS) is 17.1. The van der Waals surface area contributed by atoms with Crippen LogP contribution >= 0.6 is 23.8 Å². The predicted octanol–water partition coefficient (Wildman–Crippen LogP) is 5.31. The lowest BCUT2D eigenvalue weighted by Crippen LogP contribution is -2.30. The lowest BCUT2D eigenvalue weighted by Gasteiger charge is -2.24. The summed E-state index contributed by atoms with van der Waals surface area (Å²) < 4.78 is 28.4. The Balaban J connectivity index is 1.62. The Morgan fingerprint density at radius 1 is 1.17 bits per heavy atom. The summed E-state index contributed by atoms with van der Waals surface area (Å²) in [4.78, 5) is 16.2. The minimum Gasteiger partial charge on any atom is -0.493 e. The zero-order chi connectivity index (χ0) is 25.7. The Bertz CT molecular complexity index is 1250. The number of nitrogens with zero attached hydrogens (tertiary/aromatic N) is 1. The number of aryl methyl sites for hydroxylation is 1. The highest BCUT2D eigenvalue weighted by molar-refractivity contribution is 7.80. The molecule has 0 spiro atoms. The van der Waals surface area contributed by atoms with Crippen LogP contribution in [0.15, 0.2) is 47.0 Å². The second-order valence-corrected chi connectivity index (χ2v) is 9.04. The number of anilines is 1. The van der Waals surface area contributed by atoms with Gasteiger partial charge in [0.15, 0.2) is 17.4 Å². The number of ether oxygens (including phenoxy) is 4. The van der Waals surface area contributed by atoms with Crippen molar-refractivity contribution in [3.63, 3.8) is 0 Å². The van der Waals surface area contributed by atoms with Gasteiger partial charge in [-0.1, -0.05) is 36.0 Å². The van der Waals surface area contributed by atoms with Crippen LogP contribution in [0.2, 0.25) is 5.02 Å². The van der Waals surface area contributed by atoms with E-state index in [1.54, 1.807) is 26.5 Å². The first-order valence-corrected chi connectivity index (χ1v) is 12.2. The lowest BCUT2D eigenvalue weighted by atomic mass is 9.98. The van der Waals surface area contributed by atoms with E-state index in [1.807, 2.05) is 30.3 Å². The van der Waals surface area contributed by atoms with Gasteiger partial charge in [0, 0.05) is 34.7 Å². The number of methoxy groups -OCH3 is 3. The summed E-state index contributed by atoms with van der Waals surface area (Å²) in [5.41, 5.74) is 2.38. The molecule has 0 radical (unpaired) electrons. The highest BCUT2D eigenvalue weighted by Gasteiger charge is 2.33. The van der Waals surface area contributed by atoms with Crippen molar-refractivity contribution in [2.45, 2.75) is 37.9 Å². The molecule has 0 amide bonds. The van der Waals surface area contributed by atoms with Crippen molar-refractivity contribution >= 4 is 40.5 Å². The van der Waals surface area contributed by atoms with E-state index in [-0.39, 0.29) is 5.97 Å². The third kappa shape index (κ3) is 5.80. The Labute approximate surface area is 219 Å². The first-order valence-electron chi connectivity index (χ1n) is 11.4. The van der Waals surface area contributed by atoms with Crippen molar-refractivity contribution in [1.29, 1.82) is 0 Å². The van der Waals surface area contributed by atoms with Crippen molar-refractivity contribution in [3.8, 4) is 11.5 Å². The Morgan fingerprint density at radius 2 is 2.00 bits per heavy atom. The van der Waals surface area contributed by atoms with Crippen molar-refractivity contribution in [3.05, 3.63) is 70.4 Å². The summed E-state index contributed by atoms with van der Waals surface area (Å²) in [5.74, 6) is 2.06. The van der Waals surface area contributed by atoms with Crippen LogP contribution < -0.4 is 14.8 Å². The number of oxazole rings is 1. The number of nitrogens with one attached hydrogen (secondary N) is 1. The van der Waals surface area contributed by atoms with Crippen LogP contribution in [0.1, 0.15) is 41.7 Å². The van der Waals surface area contributed by atoms with Gasteiger partial charge in [-0.2, -0.15) is 0 Å². The van der Waals surface area contributed by atoms with E-state index in [0.717, 1.165) is 16.8 Å². The molecule has 0 saturated heterocycles. The van der Waals surface area contributed by atoms with Crippen LogP contribution in [0.3, 0.4) is 0 Å². The summed E-state index contributed by atoms with van der Waals surface area (Å²) in [6.45, 7) is 0. The summed E-state index contributed by atoms with van der Waals surface area (Å²) in [5, 5.41) is 3.87. The van der Waals surface area contributed by atoms with Crippen LogP contribution in [0, 0.1) is 0 Å². The predicted molar refractivity (Wildman–Crippen MR) is 139 cm³/mol. The molecule has 0 bridgehead atoms. The monoisotopic (exact) mass is 530 g/mol. The maximum Gasteiger partial charge on any atom is 0.305 e. The maximum atomic E-state index is 11.4. The van der Waals surface area contributed by atoms with E-state index >= 15 is 0 Å². The summed E-state index contributed by atoms with van der Waals surface area (Å²) in [7, 11) is 4.55. The van der Waals surface area contributed by atoms with Crippen molar-refractivity contribution in [1.82, 2.24) is 4.98 Å². The fourth-order valence-electron chi connectivity index (χ4n) is 4.10. The van der Waals surface area contributed by atoms with Crippen molar-refractivity contribution in [2.24, 2.45) is 0 Å². The number of carbonyl (C=O) groups is 1. The van der Waals surface area contributed by atoms with Gasteiger partial charge < -0.3 is 28.7 Å². The highest BCUT2D eigenvalue weighted by atomic mass is 35.5. The number of benzene rings is 2. The number of fused-ring (bicyclic) bond motifs is 1. The molecule has 3 aromatic rings. The molecule has 8 nitrogen and oxygen atoms in total. The number of hydrogen-bond acceptors (Lipinski definition) is 8. The number of halogens is 1. The second kappa shape index (κ2) is 11.7. The van der Waals surface area contributed by atoms with Gasteiger partial charge in [-0.3, -0.25) is 4.79 Å². The Morgan fingerprint density at radius 3 is 2.75 bits per heavy atom. The number of aromatic nitrogens is 1. The van der Waals surface area contributed by atoms with E-state index in [2.05, 4.69) is 15.0 Å². The average molecular weight is 531 g/mol. The van der Waals surface area contributed by atoms with Crippen molar-refractivity contribution < 1.29 is 28.2 Å². The molecule has 2 unspecified atom stereocenters. The average Bonchev–Trinajstić information content (AvgIpc) is 3.28. The number of para-hydroxylation sites is 1. The minimum absolute atomic E-state index is 0.253. The van der Waals surface area contributed by atoms with E-state index < -0.39 is 12.2 Å². The quantitative estimate of drug-likeness (QED) is 0.292. The fourth-order valence-corrected chi connectivity index (χ4v) is 4.53. The van der Waals surface area contributed by atoms with Gasteiger partial charge in [0.2, 0.25) is 0 Å². The van der Waals surface area contributed by atoms with E-state index in [9.17, 15) is 4.79 Å². The molecule has 4 rings (SSSR count). The molecule has 190 valence electrons. The molecule has 2 aromatic carbocycles. The molecular formula is C26H27ClN2O6S. The lowest BCUT2D eigenvalue weighted by molar-refractivity contribution is -0.140. The summed E-state index contributed by atoms with van der Waals surface area (Å²) in [6, 6.07) is 11.2. The first kappa shape index (κ1) is 25.9. The molecule has 2 atom stereocenters. The van der Waals surface area contributed by atoms with Crippen LogP contribution in [-0.2, 0) is 27.1 Å². The van der Waals surface area contributed by atoms with Crippen LogP contribution in [0.25, 0.3) is 0 Å². The Kier molecular flexibility index (Phi) is 8.45. The SMILES string of the molecule is COC(=O)CCCc1cnc(CC2OC(c3cccc(OC)c3OC)c3cc(Cl)ccc3NC2=S)o1. The smallest absolute Gasteiger partial charge is 0.305 e. The maximum absolute atomic E-state index is 11.4. The molecule has 1 aliphatic heterocycles. The number of carbonyl (C=O) groups excluding carboxylic acids is 1. The van der Waals surface area contributed by atoms with E-state index in [4.69, 9.17) is 42.4 Å². The van der Waals surface area contributed by atoms with Gasteiger partial charge in [0.1, 0.15) is 23.0 Å². The molecule has 2 heterocycles. The zero-order valence-electron chi connectivity index (χ0n) is 20.2. The van der Waals surface area contributed by atoms with Gasteiger partial charge in [0.05, 0.1) is 33.9 Å². The zero-order valence-corrected chi connectivity index (χ0v) is 21.8. The molecule has 1 aromatic heterocycles. The number of rotatable bonds is 9. The topological polar surface area (TPSA) is 92.1 Å². The van der Waals surface area contributed by atoms with Crippen LogP contribution in [0.5, 0.6) is 11.5 Å². The fraction of sp³-hybridized carbons (Fsp3) is 0.346. The van der Waals surface area contributed by atoms with Gasteiger partial charge in [-0.15, -0.1) is 0 Å². The van der Waals surface area contributed by atoms with Gasteiger partial charge in [-0.05, 0) is 30.7 Å². The largest absolute Gasteiger partial charge is 0.493 e. The second-order valence-electron chi connectivity index (χ2n) is 8.16. The third-order valence-corrected chi connectivity index (χ3v) is 6.46. The third-order valence-electron chi connectivity index (χ3n) is 5.86. The van der Waals surface area contributed by atoms with Gasteiger partial charge in [-0.25, -0.2) is 4.98 Å². The highest BCUT2D eigenvalue weighted by Crippen LogP contribution is 2.43. The summed E-state index contributed by atoms with van der Waals surface area (Å²) >= 11 is 12.1. The summed E-state index contributed by atoms with van der Waals surface area (Å²) in [6.07, 6.45) is 2.37. The first-order chi connectivity index (χ1) is 17.4. The standard InChI is InChI=1S/C26H27ClN2O6S/c1-31-20-8-5-7-17(25(20)33-3)24-18-12-15(27)10-11-19(18)29-26(36)21(35-24)13-22-28-14-16(34-22)6-4-9-23(30)32-2/h5,7-8,10-12,14,21,24H,4,6,9,13H2,1-3H3,(H,29,36). The molecule has 1 aliphatic rings. The molecule has 36 heavy (non-hydrogen) atoms. The van der Waals surface area contributed by atoms with Crippen LogP contribution in [0.4, 0.5) is 5.69 Å². The van der Waals surface area contributed by atoms with Crippen LogP contribution in [-0.4, -0.2) is 43.4 Å². The van der Waals surface area contributed by atoms with Gasteiger partial charge >= 0.3 is 5.97 Å². The van der Waals surface area contributed by atoms with E-state index in [0.29, 0.717) is 58.8 Å². The minimum atomic E-state index is -0.559. The molecule has 1 N–H and O–H groups in total. The molecule has 10 heteroatoms. The van der Waals surface area contributed by atoms with Gasteiger partial charge in [0.25, 0.3) is 0 Å². The van der Waals surface area contributed by atoms with Crippen molar-refractivity contribution in [2.75, 3.05) is 26.6 Å². The number of hydrogen-bond donors (Lipinski definition) is 1. The number of esters is 1.